The third kappa shape index (κ3) is 4.31. The summed E-state index contributed by atoms with van der Waals surface area (Å²) in [5.41, 5.74) is 0.209. The highest BCUT2D eigenvalue weighted by atomic mass is 16.5. The highest BCUT2D eigenvalue weighted by molar-refractivity contribution is 5.83. The Hall–Kier alpha value is -3.32. The summed E-state index contributed by atoms with van der Waals surface area (Å²) in [6.07, 6.45) is 0.672. The molecule has 7 nitrogen and oxygen atoms in total. The van der Waals surface area contributed by atoms with E-state index in [9.17, 15) is 19.8 Å². The fourth-order valence-electron chi connectivity index (χ4n) is 3.38. The number of nitrogens with two attached hydrogens (primary N) is 1. The molecule has 0 aliphatic heterocycles. The van der Waals surface area contributed by atoms with Gasteiger partial charge in [-0.2, -0.15) is 0 Å². The summed E-state index contributed by atoms with van der Waals surface area (Å²) in [6.45, 7) is 5.46. The summed E-state index contributed by atoms with van der Waals surface area (Å²) in [6, 6.07) is 11.0. The first-order chi connectivity index (χ1) is 14.3. The van der Waals surface area contributed by atoms with Crippen LogP contribution in [0.15, 0.2) is 51.7 Å². The maximum atomic E-state index is 13.0. The number of phenols is 1. The number of aryl methyl sites for hydroxylation is 1. The Morgan fingerprint density at radius 2 is 1.93 bits per heavy atom. The van der Waals surface area contributed by atoms with Gasteiger partial charge in [0.05, 0.1) is 16.9 Å². The molecule has 3 aromatic rings. The second kappa shape index (κ2) is 9.00. The van der Waals surface area contributed by atoms with Crippen molar-refractivity contribution in [3.05, 3.63) is 64.0 Å². The lowest BCUT2D eigenvalue weighted by Crippen LogP contribution is -2.93. The summed E-state index contributed by atoms with van der Waals surface area (Å²) in [4.78, 5) is 24.5. The molecule has 3 N–H and O–H groups in total. The molecule has 1 aromatic heterocycles. The van der Waals surface area contributed by atoms with Gasteiger partial charge in [-0.1, -0.05) is 32.0 Å². The van der Waals surface area contributed by atoms with Crippen LogP contribution in [-0.2, 0) is 11.3 Å². The number of rotatable bonds is 8. The van der Waals surface area contributed by atoms with E-state index in [0.717, 1.165) is 0 Å². The molecule has 0 saturated carbocycles. The molecule has 0 amide bonds. The van der Waals surface area contributed by atoms with Crippen molar-refractivity contribution in [2.75, 3.05) is 0 Å². The minimum absolute atomic E-state index is 0.0701. The van der Waals surface area contributed by atoms with Crippen molar-refractivity contribution in [3.63, 3.8) is 0 Å². The molecule has 2 aromatic carbocycles. The van der Waals surface area contributed by atoms with Crippen LogP contribution < -0.4 is 20.6 Å². The van der Waals surface area contributed by atoms with Gasteiger partial charge < -0.3 is 29.5 Å². The minimum atomic E-state index is -1.17. The maximum absolute atomic E-state index is 13.0. The van der Waals surface area contributed by atoms with Crippen LogP contribution in [0, 0.1) is 12.8 Å². The summed E-state index contributed by atoms with van der Waals surface area (Å²) in [5.74, 6) is -0.515. The highest BCUT2D eigenvalue weighted by Gasteiger charge is 2.24. The molecule has 30 heavy (non-hydrogen) atoms. The zero-order valence-corrected chi connectivity index (χ0v) is 17.2. The molecule has 0 aliphatic rings. The number of hydrogen-bond donors (Lipinski definition) is 2. The molecule has 158 valence electrons. The molecule has 7 heteroatoms. The second-order valence-electron chi connectivity index (χ2n) is 7.34. The van der Waals surface area contributed by atoms with Crippen LogP contribution in [0.5, 0.6) is 17.2 Å². The molecular formula is C23H25NO6. The number of fused-ring (bicyclic) bond motifs is 1. The molecular weight excluding hydrogens is 386 g/mol. The van der Waals surface area contributed by atoms with Gasteiger partial charge in [0.1, 0.15) is 29.8 Å². The Bertz CT molecular complexity index is 1110. The van der Waals surface area contributed by atoms with Crippen LogP contribution in [0.25, 0.3) is 11.0 Å². The van der Waals surface area contributed by atoms with Crippen molar-refractivity contribution in [1.29, 1.82) is 0 Å². The van der Waals surface area contributed by atoms with Gasteiger partial charge in [0, 0.05) is 5.92 Å². The number of carboxylic acid groups (broad SMARTS) is 1. The number of hydrogen-bond acceptors (Lipinski definition) is 6. The number of carbonyl (C=O) groups is 1. The van der Waals surface area contributed by atoms with Crippen molar-refractivity contribution in [2.24, 2.45) is 5.92 Å². The number of carboxylic acids is 1. The second-order valence-corrected chi connectivity index (χ2v) is 7.34. The average Bonchev–Trinajstić information content (AvgIpc) is 2.73. The standard InChI is InChI=1S/C23H25NO6/c1-4-13(2)19(23(27)28)24-12-17-18(25)11-10-16-20(26)21(14(3)29-22(16)17)30-15-8-6-5-7-9-15/h5-11,13,19,24-25H,4,12H2,1-3H3,(H,27,28)/t13-,19+/m0/s1. The summed E-state index contributed by atoms with van der Waals surface area (Å²) in [7, 11) is 0. The molecule has 0 radical (unpaired) electrons. The molecule has 2 atom stereocenters. The first kappa shape index (κ1) is 21.4. The summed E-state index contributed by atoms with van der Waals surface area (Å²) >= 11 is 0. The molecule has 0 fully saturated rings. The lowest BCUT2D eigenvalue weighted by atomic mass is 9.98. The van der Waals surface area contributed by atoms with E-state index in [2.05, 4.69) is 0 Å². The van der Waals surface area contributed by atoms with Gasteiger partial charge >= 0.3 is 0 Å². The SMILES string of the molecule is CC[C@H](C)[C@@H]([NH2+]Cc1c(O)ccc2c(=O)c(Oc3ccccc3)c(C)oc12)C(=O)[O-]. The van der Waals surface area contributed by atoms with Gasteiger partial charge in [0.25, 0.3) is 0 Å². The van der Waals surface area contributed by atoms with Gasteiger partial charge in [0.2, 0.25) is 11.2 Å². The van der Waals surface area contributed by atoms with E-state index in [1.807, 2.05) is 19.9 Å². The normalized spacial score (nSPS) is 13.2. The number of benzene rings is 2. The zero-order valence-electron chi connectivity index (χ0n) is 17.2. The largest absolute Gasteiger partial charge is 0.544 e. The lowest BCUT2D eigenvalue weighted by Gasteiger charge is -2.22. The molecule has 0 aliphatic carbocycles. The number of para-hydroxylation sites is 1. The van der Waals surface area contributed by atoms with Crippen LogP contribution in [0.4, 0.5) is 0 Å². The fraction of sp³-hybridized carbons (Fsp3) is 0.304. The van der Waals surface area contributed by atoms with Crippen LogP contribution in [0.1, 0.15) is 31.6 Å². The number of aromatic hydroxyl groups is 1. The molecule has 3 rings (SSSR count). The smallest absolute Gasteiger partial charge is 0.235 e. The van der Waals surface area contributed by atoms with E-state index >= 15 is 0 Å². The number of aliphatic carboxylic acids is 1. The third-order valence-corrected chi connectivity index (χ3v) is 5.33. The number of ether oxygens (including phenoxy) is 1. The van der Waals surface area contributed by atoms with E-state index in [1.54, 1.807) is 36.5 Å². The van der Waals surface area contributed by atoms with Crippen LogP contribution in [-0.4, -0.2) is 17.1 Å². The van der Waals surface area contributed by atoms with Crippen molar-refractivity contribution in [3.8, 4) is 17.2 Å². The average molecular weight is 411 g/mol. The van der Waals surface area contributed by atoms with Gasteiger partial charge in [-0.25, -0.2) is 0 Å². The highest BCUT2D eigenvalue weighted by Crippen LogP contribution is 2.30. The van der Waals surface area contributed by atoms with Crippen LogP contribution in [0.3, 0.4) is 0 Å². The van der Waals surface area contributed by atoms with Gasteiger partial charge in [-0.3, -0.25) is 4.79 Å². The predicted molar refractivity (Wildman–Crippen MR) is 109 cm³/mol. The van der Waals surface area contributed by atoms with E-state index < -0.39 is 12.0 Å². The molecule has 0 spiro atoms. The predicted octanol–water partition coefficient (Wildman–Crippen LogP) is 1.83. The molecule has 1 heterocycles. The Morgan fingerprint density at radius 3 is 2.57 bits per heavy atom. The zero-order chi connectivity index (χ0) is 21.8. The molecule has 0 bridgehead atoms. The van der Waals surface area contributed by atoms with E-state index in [1.165, 1.54) is 12.1 Å². The first-order valence-corrected chi connectivity index (χ1v) is 9.88. The molecule has 0 saturated heterocycles. The van der Waals surface area contributed by atoms with Crippen molar-refractivity contribution in [2.45, 2.75) is 39.8 Å². The van der Waals surface area contributed by atoms with Crippen molar-refractivity contribution in [1.82, 2.24) is 0 Å². The minimum Gasteiger partial charge on any atom is -0.544 e. The van der Waals surface area contributed by atoms with E-state index in [-0.39, 0.29) is 46.1 Å². The quantitative estimate of drug-likeness (QED) is 0.584. The molecule has 0 unspecified atom stereocenters. The summed E-state index contributed by atoms with van der Waals surface area (Å²) < 4.78 is 11.6. The monoisotopic (exact) mass is 411 g/mol. The Kier molecular flexibility index (Phi) is 6.42. The maximum Gasteiger partial charge on any atom is 0.235 e. The third-order valence-electron chi connectivity index (χ3n) is 5.33. The fourth-order valence-corrected chi connectivity index (χ4v) is 3.38. The van der Waals surface area contributed by atoms with Gasteiger partial charge in [-0.15, -0.1) is 0 Å². The summed E-state index contributed by atoms with van der Waals surface area (Å²) in [5, 5.41) is 23.7. The Morgan fingerprint density at radius 1 is 1.23 bits per heavy atom. The Balaban J connectivity index is 2.01. The number of quaternary nitrogens is 1. The van der Waals surface area contributed by atoms with Crippen molar-refractivity contribution < 1.29 is 29.5 Å². The van der Waals surface area contributed by atoms with Crippen molar-refractivity contribution >= 4 is 16.9 Å². The number of carbonyl (C=O) groups excluding carboxylic acids is 1. The topological polar surface area (TPSA) is 116 Å². The van der Waals surface area contributed by atoms with Gasteiger partial charge in [-0.05, 0) is 37.6 Å². The van der Waals surface area contributed by atoms with Gasteiger partial charge in [0.15, 0.2) is 5.58 Å². The number of phenolic OH excluding ortho intramolecular Hbond substituents is 1. The first-order valence-electron chi connectivity index (χ1n) is 9.88. The van der Waals surface area contributed by atoms with E-state index in [4.69, 9.17) is 9.15 Å². The van der Waals surface area contributed by atoms with Crippen LogP contribution >= 0.6 is 0 Å². The Labute approximate surface area is 173 Å². The van der Waals surface area contributed by atoms with E-state index in [0.29, 0.717) is 17.7 Å². The lowest BCUT2D eigenvalue weighted by molar-refractivity contribution is -0.704. The van der Waals surface area contributed by atoms with Crippen LogP contribution in [0.2, 0.25) is 0 Å².